The van der Waals surface area contributed by atoms with Gasteiger partial charge in [-0.15, -0.1) is 0 Å². The van der Waals surface area contributed by atoms with Crippen LogP contribution in [0.3, 0.4) is 0 Å². The van der Waals surface area contributed by atoms with Crippen molar-refractivity contribution in [1.29, 1.82) is 0 Å². The number of amides is 1. The van der Waals surface area contributed by atoms with Gasteiger partial charge in [-0.2, -0.15) is 5.10 Å². The molecule has 1 amide bonds. The van der Waals surface area contributed by atoms with E-state index in [1.54, 1.807) is 0 Å². The molecule has 2 aromatic heterocycles. The Morgan fingerprint density at radius 1 is 1.15 bits per heavy atom. The summed E-state index contributed by atoms with van der Waals surface area (Å²) in [6.07, 6.45) is 5.96. The summed E-state index contributed by atoms with van der Waals surface area (Å²) in [6, 6.07) is 6.49. The standard InChI is InChI=1S/C27H34N4O3/c1-17(2)31-27-22(16-28-31)18(3)21(19(4)29-27)9-11-26(32)30-12-5-7-23(30)20-8-10-24-25(15-20)34-14-6-13-33-24/h8,10,15-17,23H,5-7,9,11-14H2,1-4H3. The van der Waals surface area contributed by atoms with Crippen molar-refractivity contribution in [3.8, 4) is 11.5 Å². The summed E-state index contributed by atoms with van der Waals surface area (Å²) in [5.41, 5.74) is 5.39. The number of rotatable bonds is 5. The van der Waals surface area contributed by atoms with Crippen molar-refractivity contribution in [3.05, 3.63) is 46.8 Å². The molecule has 0 aliphatic carbocycles. The largest absolute Gasteiger partial charge is 0.490 e. The van der Waals surface area contributed by atoms with Gasteiger partial charge in [-0.3, -0.25) is 4.79 Å². The van der Waals surface area contributed by atoms with Gasteiger partial charge in [0.05, 0.1) is 25.5 Å². The highest BCUT2D eigenvalue weighted by Gasteiger charge is 2.31. The quantitative estimate of drug-likeness (QED) is 0.528. The summed E-state index contributed by atoms with van der Waals surface area (Å²) in [5, 5.41) is 5.61. The van der Waals surface area contributed by atoms with Crippen molar-refractivity contribution in [2.45, 2.75) is 71.9 Å². The second-order valence-corrected chi connectivity index (χ2v) is 9.72. The molecule has 5 rings (SSSR count). The second-order valence-electron chi connectivity index (χ2n) is 9.72. The number of ether oxygens (including phenoxy) is 2. The Labute approximate surface area is 201 Å². The average Bonchev–Trinajstić information content (AvgIpc) is 3.40. The Morgan fingerprint density at radius 3 is 2.74 bits per heavy atom. The van der Waals surface area contributed by atoms with E-state index in [2.05, 4.69) is 38.0 Å². The molecule has 1 aromatic carbocycles. The molecule has 0 radical (unpaired) electrons. The van der Waals surface area contributed by atoms with E-state index in [1.165, 1.54) is 5.56 Å². The minimum absolute atomic E-state index is 0.0942. The topological polar surface area (TPSA) is 69.5 Å². The zero-order valence-corrected chi connectivity index (χ0v) is 20.6. The number of hydrogen-bond acceptors (Lipinski definition) is 5. The van der Waals surface area contributed by atoms with Gasteiger partial charge in [-0.1, -0.05) is 6.07 Å². The first-order valence-corrected chi connectivity index (χ1v) is 12.5. The van der Waals surface area contributed by atoms with Crippen LogP contribution in [-0.4, -0.2) is 45.3 Å². The predicted molar refractivity (Wildman–Crippen MR) is 131 cm³/mol. The van der Waals surface area contributed by atoms with E-state index in [1.807, 2.05) is 28.8 Å². The molecule has 0 bridgehead atoms. The van der Waals surface area contributed by atoms with E-state index in [9.17, 15) is 4.79 Å². The average molecular weight is 463 g/mol. The Kier molecular flexibility index (Phi) is 6.19. The highest BCUT2D eigenvalue weighted by molar-refractivity contribution is 5.81. The van der Waals surface area contributed by atoms with Crippen LogP contribution in [0.25, 0.3) is 11.0 Å². The van der Waals surface area contributed by atoms with Gasteiger partial charge in [-0.05, 0) is 75.8 Å². The number of carbonyl (C=O) groups excluding carboxylic acids is 1. The molecule has 0 spiro atoms. The third kappa shape index (κ3) is 4.12. The van der Waals surface area contributed by atoms with E-state index in [0.29, 0.717) is 26.1 Å². The van der Waals surface area contributed by atoms with Crippen LogP contribution in [0.4, 0.5) is 0 Å². The molecule has 2 aliphatic rings. The van der Waals surface area contributed by atoms with Crippen molar-refractivity contribution in [1.82, 2.24) is 19.7 Å². The maximum Gasteiger partial charge on any atom is 0.223 e. The van der Waals surface area contributed by atoms with Crippen LogP contribution in [-0.2, 0) is 11.2 Å². The van der Waals surface area contributed by atoms with Crippen LogP contribution < -0.4 is 9.47 Å². The lowest BCUT2D eigenvalue weighted by Crippen LogP contribution is -2.30. The lowest BCUT2D eigenvalue weighted by molar-refractivity contribution is -0.132. The Bertz CT molecular complexity index is 1220. The van der Waals surface area contributed by atoms with E-state index >= 15 is 0 Å². The van der Waals surface area contributed by atoms with Gasteiger partial charge >= 0.3 is 0 Å². The highest BCUT2D eigenvalue weighted by atomic mass is 16.5. The van der Waals surface area contributed by atoms with Crippen molar-refractivity contribution in [2.75, 3.05) is 19.8 Å². The molecule has 0 saturated carbocycles. The molecular formula is C27H34N4O3. The van der Waals surface area contributed by atoms with Gasteiger partial charge in [0, 0.05) is 36.5 Å². The van der Waals surface area contributed by atoms with Crippen molar-refractivity contribution >= 4 is 16.9 Å². The number of fused-ring (bicyclic) bond motifs is 2. The van der Waals surface area contributed by atoms with Crippen LogP contribution in [0.2, 0.25) is 0 Å². The maximum absolute atomic E-state index is 13.4. The summed E-state index contributed by atoms with van der Waals surface area (Å²) in [5.74, 6) is 1.79. The van der Waals surface area contributed by atoms with Gasteiger partial charge in [0.1, 0.15) is 0 Å². The number of aryl methyl sites for hydroxylation is 2. The summed E-state index contributed by atoms with van der Waals surface area (Å²) in [4.78, 5) is 20.3. The summed E-state index contributed by atoms with van der Waals surface area (Å²) < 4.78 is 13.6. The van der Waals surface area contributed by atoms with Crippen molar-refractivity contribution in [2.24, 2.45) is 0 Å². The fourth-order valence-corrected chi connectivity index (χ4v) is 5.31. The molecule has 4 heterocycles. The molecule has 1 fully saturated rings. The second kappa shape index (κ2) is 9.28. The Morgan fingerprint density at radius 2 is 1.94 bits per heavy atom. The van der Waals surface area contributed by atoms with E-state index in [0.717, 1.165) is 65.2 Å². The van der Waals surface area contributed by atoms with Crippen molar-refractivity contribution in [3.63, 3.8) is 0 Å². The zero-order chi connectivity index (χ0) is 23.8. The van der Waals surface area contributed by atoms with Gasteiger partial charge in [0.25, 0.3) is 0 Å². The number of aromatic nitrogens is 3. The monoisotopic (exact) mass is 462 g/mol. The van der Waals surface area contributed by atoms with Crippen LogP contribution in [0.1, 0.15) is 74.0 Å². The first-order valence-electron chi connectivity index (χ1n) is 12.5. The highest BCUT2D eigenvalue weighted by Crippen LogP contribution is 2.38. The molecule has 34 heavy (non-hydrogen) atoms. The fourth-order valence-electron chi connectivity index (χ4n) is 5.31. The normalized spacial score (nSPS) is 18.0. The number of likely N-dealkylation sites (tertiary alicyclic amines) is 1. The third-order valence-corrected chi connectivity index (χ3v) is 7.14. The van der Waals surface area contributed by atoms with Crippen LogP contribution in [0.15, 0.2) is 24.4 Å². The van der Waals surface area contributed by atoms with Gasteiger partial charge in [0.15, 0.2) is 17.1 Å². The van der Waals surface area contributed by atoms with Crippen LogP contribution in [0, 0.1) is 13.8 Å². The minimum atomic E-state index is 0.0942. The number of hydrogen-bond donors (Lipinski definition) is 0. The number of benzene rings is 1. The summed E-state index contributed by atoms with van der Waals surface area (Å²) >= 11 is 0. The van der Waals surface area contributed by atoms with Gasteiger partial charge < -0.3 is 14.4 Å². The Hall–Kier alpha value is -3.09. The molecule has 2 aliphatic heterocycles. The number of carbonyl (C=O) groups is 1. The summed E-state index contributed by atoms with van der Waals surface area (Å²) in [6.45, 7) is 10.5. The molecule has 0 N–H and O–H groups in total. The number of pyridine rings is 1. The first-order chi connectivity index (χ1) is 16.4. The number of nitrogens with zero attached hydrogens (tertiary/aromatic N) is 4. The smallest absolute Gasteiger partial charge is 0.223 e. The first kappa shape index (κ1) is 22.7. The molecule has 180 valence electrons. The van der Waals surface area contributed by atoms with E-state index in [4.69, 9.17) is 14.5 Å². The third-order valence-electron chi connectivity index (χ3n) is 7.14. The molecular weight excluding hydrogens is 428 g/mol. The molecule has 7 nitrogen and oxygen atoms in total. The van der Waals surface area contributed by atoms with Gasteiger partial charge in [-0.25, -0.2) is 9.67 Å². The summed E-state index contributed by atoms with van der Waals surface area (Å²) in [7, 11) is 0. The SMILES string of the molecule is Cc1nc2c(cnn2C(C)C)c(C)c1CCC(=O)N1CCCC1c1ccc2c(c1)OCCCO2. The minimum Gasteiger partial charge on any atom is -0.490 e. The molecule has 1 atom stereocenters. The van der Waals surface area contributed by atoms with E-state index < -0.39 is 0 Å². The molecule has 3 aromatic rings. The molecule has 1 saturated heterocycles. The lowest BCUT2D eigenvalue weighted by Gasteiger charge is -2.26. The zero-order valence-electron chi connectivity index (χ0n) is 20.6. The maximum atomic E-state index is 13.4. The fraction of sp³-hybridized carbons (Fsp3) is 0.519. The predicted octanol–water partition coefficient (Wildman–Crippen LogP) is 5.09. The lowest BCUT2D eigenvalue weighted by atomic mass is 9.99. The van der Waals surface area contributed by atoms with Crippen molar-refractivity contribution < 1.29 is 14.3 Å². The van der Waals surface area contributed by atoms with E-state index in [-0.39, 0.29) is 18.0 Å². The van der Waals surface area contributed by atoms with Crippen LogP contribution >= 0.6 is 0 Å². The molecule has 7 heteroatoms. The van der Waals surface area contributed by atoms with Gasteiger partial charge in [0.2, 0.25) is 5.91 Å². The van der Waals surface area contributed by atoms with Crippen LogP contribution in [0.5, 0.6) is 11.5 Å². The Balaban J connectivity index is 1.33. The molecule has 1 unspecified atom stereocenters.